The van der Waals surface area contributed by atoms with Crippen LogP contribution in [0.25, 0.3) is 0 Å². The van der Waals surface area contributed by atoms with Crippen molar-refractivity contribution in [1.29, 1.82) is 0 Å². The SMILES string of the molecule is CC(C)OC(=O)[C@@H]1CC(=O)N(C)[C@@H]1c1ccc(F)cc1. The van der Waals surface area contributed by atoms with Gasteiger partial charge in [0.05, 0.1) is 18.1 Å². The standard InChI is InChI=1S/C15H18FNO3/c1-9(2)20-15(19)12-8-13(18)17(3)14(12)10-4-6-11(16)7-5-10/h4-7,9,12,14H,8H2,1-3H3/t12-,14-/m1/s1. The van der Waals surface area contributed by atoms with Crippen LogP contribution in [0.3, 0.4) is 0 Å². The topological polar surface area (TPSA) is 46.6 Å². The summed E-state index contributed by atoms with van der Waals surface area (Å²) in [4.78, 5) is 25.5. The zero-order chi connectivity index (χ0) is 14.9. The van der Waals surface area contributed by atoms with E-state index in [4.69, 9.17) is 4.74 Å². The van der Waals surface area contributed by atoms with E-state index >= 15 is 0 Å². The lowest BCUT2D eigenvalue weighted by Gasteiger charge is -2.25. The highest BCUT2D eigenvalue weighted by atomic mass is 19.1. The van der Waals surface area contributed by atoms with Crippen molar-refractivity contribution in [3.05, 3.63) is 35.6 Å². The molecule has 1 aliphatic rings. The Labute approximate surface area is 117 Å². The van der Waals surface area contributed by atoms with Crippen LogP contribution in [0.15, 0.2) is 24.3 Å². The lowest BCUT2D eigenvalue weighted by atomic mass is 9.94. The highest BCUT2D eigenvalue weighted by Gasteiger charge is 2.43. The Kier molecular flexibility index (Phi) is 4.06. The number of hydrogen-bond acceptors (Lipinski definition) is 3. The molecular formula is C15H18FNO3. The third kappa shape index (κ3) is 2.81. The van der Waals surface area contributed by atoms with E-state index in [1.807, 2.05) is 0 Å². The van der Waals surface area contributed by atoms with E-state index in [1.165, 1.54) is 17.0 Å². The summed E-state index contributed by atoms with van der Waals surface area (Å²) in [5.74, 6) is -1.38. The predicted octanol–water partition coefficient (Wildman–Crippen LogP) is 2.30. The molecule has 108 valence electrons. The van der Waals surface area contributed by atoms with Crippen molar-refractivity contribution < 1.29 is 18.7 Å². The normalized spacial score (nSPS) is 22.4. The van der Waals surface area contributed by atoms with Crippen molar-refractivity contribution in [1.82, 2.24) is 4.90 Å². The van der Waals surface area contributed by atoms with Crippen molar-refractivity contribution in [2.75, 3.05) is 7.05 Å². The van der Waals surface area contributed by atoms with Gasteiger partial charge in [0.2, 0.25) is 5.91 Å². The average molecular weight is 279 g/mol. The van der Waals surface area contributed by atoms with Gasteiger partial charge < -0.3 is 9.64 Å². The van der Waals surface area contributed by atoms with Gasteiger partial charge in [-0.15, -0.1) is 0 Å². The summed E-state index contributed by atoms with van der Waals surface area (Å²) >= 11 is 0. The molecule has 1 fully saturated rings. The maximum Gasteiger partial charge on any atom is 0.312 e. The Morgan fingerprint density at radius 1 is 1.35 bits per heavy atom. The number of carbonyl (C=O) groups is 2. The molecule has 0 aromatic heterocycles. The monoisotopic (exact) mass is 279 g/mol. The lowest BCUT2D eigenvalue weighted by molar-refractivity contribution is -0.153. The summed E-state index contributed by atoms with van der Waals surface area (Å²) in [6.45, 7) is 3.54. The first-order valence-electron chi connectivity index (χ1n) is 6.61. The minimum atomic E-state index is -0.541. The molecule has 2 rings (SSSR count). The zero-order valence-electron chi connectivity index (χ0n) is 11.8. The predicted molar refractivity (Wildman–Crippen MR) is 71.2 cm³/mol. The number of ether oxygens (including phenoxy) is 1. The fraction of sp³-hybridized carbons (Fsp3) is 0.467. The van der Waals surface area contributed by atoms with E-state index in [-0.39, 0.29) is 30.2 Å². The Morgan fingerprint density at radius 2 is 1.95 bits per heavy atom. The third-order valence-electron chi connectivity index (χ3n) is 3.45. The van der Waals surface area contributed by atoms with Gasteiger partial charge in [-0.3, -0.25) is 9.59 Å². The van der Waals surface area contributed by atoms with Crippen LogP contribution >= 0.6 is 0 Å². The summed E-state index contributed by atoms with van der Waals surface area (Å²) in [5.41, 5.74) is 0.741. The first-order chi connectivity index (χ1) is 9.40. The van der Waals surface area contributed by atoms with Gasteiger partial charge in [0.1, 0.15) is 5.82 Å². The number of halogens is 1. The van der Waals surface area contributed by atoms with Gasteiger partial charge in [-0.25, -0.2) is 4.39 Å². The number of esters is 1. The van der Waals surface area contributed by atoms with Crippen LogP contribution < -0.4 is 0 Å². The molecule has 1 aliphatic heterocycles. The van der Waals surface area contributed by atoms with Gasteiger partial charge in [0, 0.05) is 13.5 Å². The summed E-state index contributed by atoms with van der Waals surface area (Å²) in [6.07, 6.45) is -0.0956. The van der Waals surface area contributed by atoms with Gasteiger partial charge in [-0.1, -0.05) is 12.1 Å². The molecule has 0 aliphatic carbocycles. The zero-order valence-corrected chi connectivity index (χ0v) is 11.8. The maximum absolute atomic E-state index is 13.0. The molecule has 0 spiro atoms. The second-order valence-corrected chi connectivity index (χ2v) is 5.30. The van der Waals surface area contributed by atoms with Crippen LogP contribution in [-0.4, -0.2) is 29.9 Å². The molecule has 1 heterocycles. The molecule has 2 atom stereocenters. The Balaban J connectivity index is 2.28. The van der Waals surface area contributed by atoms with Crippen LogP contribution in [0.5, 0.6) is 0 Å². The maximum atomic E-state index is 13.0. The van der Waals surface area contributed by atoms with Crippen LogP contribution in [0.4, 0.5) is 4.39 Å². The molecule has 1 aromatic carbocycles. The van der Waals surface area contributed by atoms with Crippen LogP contribution in [0.2, 0.25) is 0 Å². The fourth-order valence-corrected chi connectivity index (χ4v) is 2.52. The number of likely N-dealkylation sites (tertiary alicyclic amines) is 1. The van der Waals surface area contributed by atoms with Gasteiger partial charge >= 0.3 is 5.97 Å². The summed E-state index contributed by atoms with van der Waals surface area (Å²) in [6, 6.07) is 5.47. The van der Waals surface area contributed by atoms with E-state index in [1.54, 1.807) is 33.0 Å². The molecule has 0 saturated carbocycles. The molecule has 0 N–H and O–H groups in total. The molecule has 4 nitrogen and oxygen atoms in total. The molecule has 1 amide bonds. The van der Waals surface area contributed by atoms with Crippen LogP contribution in [0, 0.1) is 11.7 Å². The second-order valence-electron chi connectivity index (χ2n) is 5.30. The molecule has 20 heavy (non-hydrogen) atoms. The second kappa shape index (κ2) is 5.61. The Hall–Kier alpha value is -1.91. The van der Waals surface area contributed by atoms with Crippen molar-refractivity contribution in [2.45, 2.75) is 32.4 Å². The van der Waals surface area contributed by atoms with Crippen LogP contribution in [0.1, 0.15) is 31.9 Å². The largest absolute Gasteiger partial charge is 0.463 e. The molecule has 0 unspecified atom stereocenters. The molecule has 0 bridgehead atoms. The Bertz CT molecular complexity index is 512. The first-order valence-corrected chi connectivity index (χ1v) is 6.61. The average Bonchev–Trinajstić information content (AvgIpc) is 2.67. The van der Waals surface area contributed by atoms with E-state index in [0.717, 1.165) is 5.56 Å². The van der Waals surface area contributed by atoms with E-state index < -0.39 is 12.0 Å². The van der Waals surface area contributed by atoms with Gasteiger partial charge in [0.15, 0.2) is 0 Å². The van der Waals surface area contributed by atoms with Crippen molar-refractivity contribution in [3.8, 4) is 0 Å². The van der Waals surface area contributed by atoms with Crippen molar-refractivity contribution >= 4 is 11.9 Å². The third-order valence-corrected chi connectivity index (χ3v) is 3.45. The van der Waals surface area contributed by atoms with E-state index in [2.05, 4.69) is 0 Å². The van der Waals surface area contributed by atoms with Gasteiger partial charge in [0.25, 0.3) is 0 Å². The number of benzene rings is 1. The van der Waals surface area contributed by atoms with Crippen LogP contribution in [-0.2, 0) is 14.3 Å². The molecule has 0 radical (unpaired) electrons. The number of rotatable bonds is 3. The highest BCUT2D eigenvalue weighted by molar-refractivity contribution is 5.88. The van der Waals surface area contributed by atoms with Crippen molar-refractivity contribution in [2.24, 2.45) is 5.92 Å². The number of carbonyl (C=O) groups excluding carboxylic acids is 2. The van der Waals surface area contributed by atoms with Gasteiger partial charge in [-0.05, 0) is 31.5 Å². The Morgan fingerprint density at radius 3 is 2.50 bits per heavy atom. The summed E-state index contributed by atoms with van der Waals surface area (Å²) < 4.78 is 18.2. The lowest BCUT2D eigenvalue weighted by Crippen LogP contribution is -2.29. The molecule has 1 saturated heterocycles. The smallest absolute Gasteiger partial charge is 0.312 e. The number of amides is 1. The minimum Gasteiger partial charge on any atom is -0.463 e. The molecule has 1 aromatic rings. The van der Waals surface area contributed by atoms with E-state index in [0.29, 0.717) is 0 Å². The number of hydrogen-bond donors (Lipinski definition) is 0. The fourth-order valence-electron chi connectivity index (χ4n) is 2.52. The first kappa shape index (κ1) is 14.5. The molecular weight excluding hydrogens is 261 g/mol. The quantitative estimate of drug-likeness (QED) is 0.798. The van der Waals surface area contributed by atoms with Crippen molar-refractivity contribution in [3.63, 3.8) is 0 Å². The van der Waals surface area contributed by atoms with E-state index in [9.17, 15) is 14.0 Å². The summed E-state index contributed by atoms with van der Waals surface area (Å²) in [7, 11) is 1.65. The van der Waals surface area contributed by atoms with Gasteiger partial charge in [-0.2, -0.15) is 0 Å². The molecule has 5 heteroatoms. The summed E-state index contributed by atoms with van der Waals surface area (Å²) in [5, 5.41) is 0. The highest BCUT2D eigenvalue weighted by Crippen LogP contribution is 2.37. The number of nitrogens with zero attached hydrogens (tertiary/aromatic N) is 1. The minimum absolute atomic E-state index is 0.106.